The van der Waals surface area contributed by atoms with E-state index < -0.39 is 6.10 Å². The lowest BCUT2D eigenvalue weighted by Gasteiger charge is -2.13. The number of aromatic nitrogens is 2. The number of aromatic amines is 1. The van der Waals surface area contributed by atoms with Gasteiger partial charge in [-0.1, -0.05) is 12.1 Å². The monoisotopic (exact) mass is 247 g/mol. The summed E-state index contributed by atoms with van der Waals surface area (Å²) >= 11 is 0. The van der Waals surface area contributed by atoms with Crippen molar-refractivity contribution in [1.29, 1.82) is 0 Å². The first-order chi connectivity index (χ1) is 8.58. The molecule has 0 fully saturated rings. The first-order valence-electron chi connectivity index (χ1n) is 5.81. The van der Waals surface area contributed by atoms with Crippen molar-refractivity contribution in [3.05, 3.63) is 41.6 Å². The van der Waals surface area contributed by atoms with Gasteiger partial charge in [-0.2, -0.15) is 5.10 Å². The Balaban J connectivity index is 2.17. The molecule has 1 heterocycles. The van der Waals surface area contributed by atoms with E-state index in [2.05, 4.69) is 10.2 Å². The van der Waals surface area contributed by atoms with Gasteiger partial charge in [0.15, 0.2) is 0 Å². The molecule has 1 aromatic heterocycles. The van der Waals surface area contributed by atoms with Crippen molar-refractivity contribution >= 4 is 5.82 Å². The lowest BCUT2D eigenvalue weighted by atomic mass is 10.0. The average Bonchev–Trinajstić information content (AvgIpc) is 2.75. The van der Waals surface area contributed by atoms with Gasteiger partial charge < -0.3 is 15.6 Å². The minimum Gasteiger partial charge on any atom is -0.491 e. The normalized spacial score (nSPS) is 12.7. The van der Waals surface area contributed by atoms with Crippen molar-refractivity contribution in [2.75, 3.05) is 5.73 Å². The smallest absolute Gasteiger partial charge is 0.125 e. The molecule has 0 amide bonds. The molecule has 1 aromatic carbocycles. The van der Waals surface area contributed by atoms with Crippen molar-refractivity contribution in [1.82, 2.24) is 10.2 Å². The van der Waals surface area contributed by atoms with Crippen LogP contribution in [0.5, 0.6) is 5.75 Å². The van der Waals surface area contributed by atoms with Gasteiger partial charge in [-0.3, -0.25) is 5.10 Å². The number of rotatable bonds is 4. The fourth-order valence-electron chi connectivity index (χ4n) is 1.70. The lowest BCUT2D eigenvalue weighted by molar-refractivity contribution is 0.220. The molecule has 1 unspecified atom stereocenters. The summed E-state index contributed by atoms with van der Waals surface area (Å²) in [4.78, 5) is 0. The van der Waals surface area contributed by atoms with Crippen LogP contribution in [-0.2, 0) is 0 Å². The molecule has 0 aliphatic carbocycles. The van der Waals surface area contributed by atoms with E-state index in [0.717, 1.165) is 11.3 Å². The van der Waals surface area contributed by atoms with Gasteiger partial charge in [0.1, 0.15) is 17.7 Å². The predicted octanol–water partition coefficient (Wildman–Crippen LogP) is 1.86. The molecular weight excluding hydrogens is 230 g/mol. The molecule has 2 aromatic rings. The third-order valence-electron chi connectivity index (χ3n) is 2.56. The zero-order valence-electron chi connectivity index (χ0n) is 10.4. The van der Waals surface area contributed by atoms with E-state index in [0.29, 0.717) is 11.4 Å². The van der Waals surface area contributed by atoms with Crippen LogP contribution < -0.4 is 10.5 Å². The van der Waals surface area contributed by atoms with E-state index >= 15 is 0 Å². The van der Waals surface area contributed by atoms with Crippen molar-refractivity contribution in [2.24, 2.45) is 0 Å². The number of nitrogens with zero attached hydrogens (tertiary/aromatic N) is 1. The molecule has 0 saturated heterocycles. The molecular formula is C13H17N3O2. The van der Waals surface area contributed by atoms with E-state index in [9.17, 15) is 5.11 Å². The number of anilines is 1. The van der Waals surface area contributed by atoms with Crippen LogP contribution in [-0.4, -0.2) is 21.4 Å². The Labute approximate surface area is 106 Å². The van der Waals surface area contributed by atoms with Gasteiger partial charge >= 0.3 is 0 Å². The number of hydrogen-bond donors (Lipinski definition) is 3. The molecule has 96 valence electrons. The average molecular weight is 247 g/mol. The number of aliphatic hydroxyl groups excluding tert-OH is 1. The molecule has 4 N–H and O–H groups in total. The first-order valence-corrected chi connectivity index (χ1v) is 5.81. The van der Waals surface area contributed by atoms with Gasteiger partial charge in [-0.15, -0.1) is 0 Å². The van der Waals surface area contributed by atoms with Gasteiger partial charge in [0.05, 0.1) is 12.3 Å². The number of nitrogens with two attached hydrogens (primary N) is 1. The highest BCUT2D eigenvalue weighted by molar-refractivity contribution is 5.43. The fraction of sp³-hybridized carbons (Fsp3) is 0.308. The highest BCUT2D eigenvalue weighted by atomic mass is 16.5. The number of benzene rings is 1. The van der Waals surface area contributed by atoms with E-state index in [4.69, 9.17) is 10.5 Å². The van der Waals surface area contributed by atoms with Crippen LogP contribution in [0.2, 0.25) is 0 Å². The zero-order chi connectivity index (χ0) is 13.1. The van der Waals surface area contributed by atoms with Crippen LogP contribution in [0.1, 0.15) is 31.1 Å². The number of hydrogen-bond acceptors (Lipinski definition) is 4. The molecule has 18 heavy (non-hydrogen) atoms. The highest BCUT2D eigenvalue weighted by Gasteiger charge is 2.15. The Morgan fingerprint density at radius 2 is 1.94 bits per heavy atom. The SMILES string of the molecule is CC(C)Oc1ccc(C(O)c2cn[nH]c2N)cc1. The van der Waals surface area contributed by atoms with E-state index in [1.807, 2.05) is 38.1 Å². The van der Waals surface area contributed by atoms with E-state index in [1.54, 1.807) is 0 Å². The Hall–Kier alpha value is -2.01. The van der Waals surface area contributed by atoms with Gasteiger partial charge in [-0.25, -0.2) is 0 Å². The van der Waals surface area contributed by atoms with Crippen LogP contribution in [0.3, 0.4) is 0 Å². The Morgan fingerprint density at radius 1 is 1.28 bits per heavy atom. The van der Waals surface area contributed by atoms with Gasteiger partial charge in [-0.05, 0) is 31.5 Å². The zero-order valence-corrected chi connectivity index (χ0v) is 10.4. The van der Waals surface area contributed by atoms with Gasteiger partial charge in [0, 0.05) is 5.56 Å². The predicted molar refractivity (Wildman–Crippen MR) is 69.3 cm³/mol. The van der Waals surface area contributed by atoms with Crippen molar-refractivity contribution < 1.29 is 9.84 Å². The van der Waals surface area contributed by atoms with Crippen molar-refractivity contribution in [3.8, 4) is 5.75 Å². The quantitative estimate of drug-likeness (QED) is 0.770. The summed E-state index contributed by atoms with van der Waals surface area (Å²) in [7, 11) is 0. The molecule has 5 nitrogen and oxygen atoms in total. The second kappa shape index (κ2) is 5.10. The van der Waals surface area contributed by atoms with E-state index in [-0.39, 0.29) is 6.10 Å². The minimum absolute atomic E-state index is 0.130. The number of nitrogen functional groups attached to an aromatic ring is 1. The molecule has 0 radical (unpaired) electrons. The maximum Gasteiger partial charge on any atom is 0.125 e. The maximum absolute atomic E-state index is 10.2. The topological polar surface area (TPSA) is 84.2 Å². The molecule has 0 saturated carbocycles. The lowest BCUT2D eigenvalue weighted by Crippen LogP contribution is -2.06. The first kappa shape index (κ1) is 12.4. The van der Waals surface area contributed by atoms with Crippen LogP contribution in [0.15, 0.2) is 30.5 Å². The number of H-pyrrole nitrogens is 1. The van der Waals surface area contributed by atoms with E-state index in [1.165, 1.54) is 6.20 Å². The largest absolute Gasteiger partial charge is 0.491 e. The summed E-state index contributed by atoms with van der Waals surface area (Å²) < 4.78 is 5.54. The Bertz CT molecular complexity index is 505. The van der Waals surface area contributed by atoms with Crippen LogP contribution in [0, 0.1) is 0 Å². The number of ether oxygens (including phenoxy) is 1. The summed E-state index contributed by atoms with van der Waals surface area (Å²) in [5.74, 6) is 1.16. The number of nitrogens with one attached hydrogen (secondary N) is 1. The minimum atomic E-state index is -0.781. The maximum atomic E-state index is 10.2. The molecule has 0 aliphatic heterocycles. The van der Waals surface area contributed by atoms with Crippen LogP contribution >= 0.6 is 0 Å². The van der Waals surface area contributed by atoms with Crippen LogP contribution in [0.25, 0.3) is 0 Å². The van der Waals surface area contributed by atoms with Crippen LogP contribution in [0.4, 0.5) is 5.82 Å². The summed E-state index contributed by atoms with van der Waals surface area (Å²) in [6.45, 7) is 3.93. The molecule has 0 aliphatic rings. The summed E-state index contributed by atoms with van der Waals surface area (Å²) in [6.07, 6.45) is 0.876. The highest BCUT2D eigenvalue weighted by Crippen LogP contribution is 2.26. The summed E-state index contributed by atoms with van der Waals surface area (Å²) in [5.41, 5.74) is 7.00. The third kappa shape index (κ3) is 2.62. The third-order valence-corrected chi connectivity index (χ3v) is 2.56. The molecule has 0 spiro atoms. The second-order valence-corrected chi connectivity index (χ2v) is 4.38. The molecule has 5 heteroatoms. The molecule has 2 rings (SSSR count). The second-order valence-electron chi connectivity index (χ2n) is 4.38. The summed E-state index contributed by atoms with van der Waals surface area (Å²) in [6, 6.07) is 7.29. The standard InChI is InChI=1S/C13H17N3O2/c1-8(2)18-10-5-3-9(4-6-10)12(17)11-7-15-16-13(11)14/h3-8,12,17H,1-2H3,(H3,14,15,16). The Morgan fingerprint density at radius 3 is 2.44 bits per heavy atom. The number of aliphatic hydroxyl groups is 1. The fourth-order valence-corrected chi connectivity index (χ4v) is 1.70. The molecule has 0 bridgehead atoms. The molecule has 1 atom stereocenters. The van der Waals surface area contributed by atoms with Gasteiger partial charge in [0.2, 0.25) is 0 Å². The van der Waals surface area contributed by atoms with Crippen molar-refractivity contribution in [3.63, 3.8) is 0 Å². The Kier molecular flexibility index (Phi) is 3.53. The summed E-state index contributed by atoms with van der Waals surface area (Å²) in [5, 5.41) is 16.5. The van der Waals surface area contributed by atoms with Crippen molar-refractivity contribution in [2.45, 2.75) is 26.1 Å². The van der Waals surface area contributed by atoms with Gasteiger partial charge in [0.25, 0.3) is 0 Å².